The third-order valence-corrected chi connectivity index (χ3v) is 6.37. The molecule has 0 aliphatic carbocycles. The van der Waals surface area contributed by atoms with Gasteiger partial charge in [0.1, 0.15) is 5.75 Å². The van der Waals surface area contributed by atoms with E-state index < -0.39 is 0 Å². The zero-order valence-corrected chi connectivity index (χ0v) is 19.7. The molecule has 2 fully saturated rings. The molecule has 2 aliphatic heterocycles. The molecule has 2 saturated heterocycles. The topological polar surface area (TPSA) is 26.7 Å². The Morgan fingerprint density at radius 2 is 1.58 bits per heavy atom. The maximum Gasteiger partial charge on any atom is 0.133 e. The zero-order chi connectivity index (χ0) is 15.5. The highest BCUT2D eigenvalue weighted by molar-refractivity contribution is 14.1. The van der Waals surface area contributed by atoms with Crippen molar-refractivity contribution in [3.8, 4) is 5.75 Å². The lowest BCUT2D eigenvalue weighted by atomic mass is 9.96. The van der Waals surface area contributed by atoms with Crippen LogP contribution in [-0.2, 0) is 6.54 Å². The molecular weight excluding hydrogens is 573 g/mol. The molecule has 0 aromatic heterocycles. The van der Waals surface area contributed by atoms with Gasteiger partial charge in [-0.15, -0.1) is 24.8 Å². The number of benzene rings is 1. The van der Waals surface area contributed by atoms with Crippen molar-refractivity contribution >= 4 is 70.0 Å². The second-order valence-electron chi connectivity index (χ2n) is 6.62. The molecule has 2 heterocycles. The van der Waals surface area contributed by atoms with Crippen LogP contribution in [0.1, 0.15) is 31.2 Å². The Labute approximate surface area is 185 Å². The number of nitrogens with zero attached hydrogens (tertiary/aromatic N) is 2. The number of hydrogen-bond acceptors (Lipinski definition) is 3. The number of hydrogen-bond donors (Lipinski definition) is 1. The standard InChI is InChI=1S/C17H24I2N2O.2ClH/c18-15-9-14(17(22)16(19)10-15)12-21-7-3-13(4-8-21)11-20-5-1-2-6-20;;/h9-10,13,22H,1-8,11-12H2;2*1H. The number of rotatable bonds is 4. The first-order valence-electron chi connectivity index (χ1n) is 8.23. The molecule has 138 valence electrons. The molecule has 2 aliphatic rings. The van der Waals surface area contributed by atoms with E-state index in [2.05, 4.69) is 61.0 Å². The smallest absolute Gasteiger partial charge is 0.133 e. The van der Waals surface area contributed by atoms with Crippen LogP contribution < -0.4 is 0 Å². The summed E-state index contributed by atoms with van der Waals surface area (Å²) in [6.45, 7) is 7.15. The van der Waals surface area contributed by atoms with Gasteiger partial charge in [-0.2, -0.15) is 0 Å². The van der Waals surface area contributed by atoms with E-state index in [1.165, 1.54) is 62.0 Å². The Morgan fingerprint density at radius 3 is 2.21 bits per heavy atom. The first kappa shape index (κ1) is 23.0. The summed E-state index contributed by atoms with van der Waals surface area (Å²) in [6.07, 6.45) is 5.39. The summed E-state index contributed by atoms with van der Waals surface area (Å²) >= 11 is 4.55. The minimum atomic E-state index is 0. The number of likely N-dealkylation sites (tertiary alicyclic amines) is 2. The van der Waals surface area contributed by atoms with Crippen LogP contribution in [0.15, 0.2) is 12.1 Å². The quantitative estimate of drug-likeness (QED) is 0.507. The van der Waals surface area contributed by atoms with Crippen molar-refractivity contribution in [3.05, 3.63) is 24.8 Å². The third-order valence-electron chi connectivity index (χ3n) is 4.92. The summed E-state index contributed by atoms with van der Waals surface area (Å²) in [5.41, 5.74) is 1.08. The Kier molecular flexibility index (Phi) is 10.5. The van der Waals surface area contributed by atoms with E-state index in [-0.39, 0.29) is 24.8 Å². The lowest BCUT2D eigenvalue weighted by Gasteiger charge is -2.34. The SMILES string of the molecule is Cl.Cl.Oc1c(I)cc(I)cc1CN1CCC(CN2CCCC2)CC1. The maximum absolute atomic E-state index is 10.3. The molecule has 0 atom stereocenters. The molecule has 1 N–H and O–H groups in total. The van der Waals surface area contributed by atoms with Gasteiger partial charge >= 0.3 is 0 Å². The maximum atomic E-state index is 10.3. The zero-order valence-electron chi connectivity index (χ0n) is 13.7. The largest absolute Gasteiger partial charge is 0.507 e. The highest BCUT2D eigenvalue weighted by Crippen LogP contribution is 2.29. The van der Waals surface area contributed by atoms with E-state index in [0.717, 1.165) is 21.6 Å². The molecular formula is C17H26Cl2I2N2O. The summed E-state index contributed by atoms with van der Waals surface area (Å²) in [4.78, 5) is 5.15. The number of piperidine rings is 1. The minimum Gasteiger partial charge on any atom is -0.507 e. The van der Waals surface area contributed by atoms with Gasteiger partial charge < -0.3 is 10.0 Å². The molecule has 24 heavy (non-hydrogen) atoms. The second kappa shape index (κ2) is 11.0. The molecule has 0 unspecified atom stereocenters. The molecule has 0 bridgehead atoms. The van der Waals surface area contributed by atoms with Crippen LogP contribution in [0.2, 0.25) is 0 Å². The number of halogens is 4. The normalized spacial score (nSPS) is 19.8. The fourth-order valence-electron chi connectivity index (χ4n) is 3.64. The van der Waals surface area contributed by atoms with Crippen LogP contribution >= 0.6 is 70.0 Å². The molecule has 0 saturated carbocycles. The fourth-order valence-corrected chi connectivity index (χ4v) is 5.60. The van der Waals surface area contributed by atoms with E-state index in [0.29, 0.717) is 5.75 Å². The summed E-state index contributed by atoms with van der Waals surface area (Å²) in [6, 6.07) is 4.15. The molecule has 3 rings (SSSR count). The molecule has 0 amide bonds. The van der Waals surface area contributed by atoms with Crippen molar-refractivity contribution in [2.75, 3.05) is 32.7 Å². The van der Waals surface area contributed by atoms with Crippen molar-refractivity contribution < 1.29 is 5.11 Å². The fraction of sp³-hybridized carbons (Fsp3) is 0.647. The van der Waals surface area contributed by atoms with Crippen molar-refractivity contribution in [2.45, 2.75) is 32.2 Å². The van der Waals surface area contributed by atoms with Gasteiger partial charge in [-0.1, -0.05) is 0 Å². The Morgan fingerprint density at radius 1 is 0.958 bits per heavy atom. The molecule has 1 aromatic carbocycles. The molecule has 7 heteroatoms. The van der Waals surface area contributed by atoms with E-state index >= 15 is 0 Å². The molecule has 0 spiro atoms. The Hall–Kier alpha value is 0.980. The second-order valence-corrected chi connectivity index (χ2v) is 9.03. The number of aromatic hydroxyl groups is 1. The summed E-state index contributed by atoms with van der Waals surface area (Å²) in [5.74, 6) is 1.35. The van der Waals surface area contributed by atoms with Gasteiger partial charge in [-0.3, -0.25) is 4.90 Å². The number of phenolic OH excluding ortho intramolecular Hbond substituents is 1. The average Bonchev–Trinajstić information content (AvgIpc) is 2.99. The van der Waals surface area contributed by atoms with Gasteiger partial charge in [0.05, 0.1) is 3.57 Å². The molecule has 0 radical (unpaired) electrons. The molecule has 1 aromatic rings. The highest BCUT2D eigenvalue weighted by Gasteiger charge is 2.23. The molecule has 3 nitrogen and oxygen atoms in total. The monoisotopic (exact) mass is 598 g/mol. The van der Waals surface area contributed by atoms with Crippen LogP contribution in [0.5, 0.6) is 5.75 Å². The first-order chi connectivity index (χ1) is 10.6. The van der Waals surface area contributed by atoms with Gasteiger partial charge in [0.2, 0.25) is 0 Å². The van der Waals surface area contributed by atoms with Gasteiger partial charge in [0, 0.05) is 22.2 Å². The lowest BCUT2D eigenvalue weighted by Crippen LogP contribution is -2.37. The van der Waals surface area contributed by atoms with Crippen LogP contribution in [0.4, 0.5) is 0 Å². The Bertz CT molecular complexity index is 520. The van der Waals surface area contributed by atoms with E-state index in [1.807, 2.05) is 6.07 Å². The van der Waals surface area contributed by atoms with E-state index in [9.17, 15) is 5.11 Å². The average molecular weight is 599 g/mol. The van der Waals surface area contributed by atoms with Gasteiger partial charge in [-0.25, -0.2) is 0 Å². The van der Waals surface area contributed by atoms with Crippen LogP contribution in [0.25, 0.3) is 0 Å². The van der Waals surface area contributed by atoms with Crippen molar-refractivity contribution in [1.82, 2.24) is 9.80 Å². The van der Waals surface area contributed by atoms with Gasteiger partial charge in [0.25, 0.3) is 0 Å². The summed E-state index contributed by atoms with van der Waals surface area (Å²) in [7, 11) is 0. The van der Waals surface area contributed by atoms with Crippen molar-refractivity contribution in [3.63, 3.8) is 0 Å². The Balaban J connectivity index is 0.00000144. The van der Waals surface area contributed by atoms with Crippen LogP contribution in [0.3, 0.4) is 0 Å². The summed E-state index contributed by atoms with van der Waals surface area (Å²) in [5, 5.41) is 10.3. The minimum absolute atomic E-state index is 0. The van der Waals surface area contributed by atoms with E-state index in [4.69, 9.17) is 0 Å². The third kappa shape index (κ3) is 6.30. The van der Waals surface area contributed by atoms with Crippen molar-refractivity contribution in [2.24, 2.45) is 5.92 Å². The highest BCUT2D eigenvalue weighted by atomic mass is 127. The predicted molar refractivity (Wildman–Crippen MR) is 122 cm³/mol. The lowest BCUT2D eigenvalue weighted by molar-refractivity contribution is 0.148. The van der Waals surface area contributed by atoms with Crippen LogP contribution in [-0.4, -0.2) is 47.6 Å². The van der Waals surface area contributed by atoms with E-state index in [1.54, 1.807) is 0 Å². The van der Waals surface area contributed by atoms with Gasteiger partial charge in [0.15, 0.2) is 0 Å². The summed E-state index contributed by atoms with van der Waals surface area (Å²) < 4.78 is 2.17. The van der Waals surface area contributed by atoms with Gasteiger partial charge in [-0.05, 0) is 115 Å². The van der Waals surface area contributed by atoms with Crippen LogP contribution in [0, 0.1) is 13.1 Å². The number of phenols is 1. The predicted octanol–water partition coefficient (Wildman–Crippen LogP) is 4.75. The first-order valence-corrected chi connectivity index (χ1v) is 10.4. The van der Waals surface area contributed by atoms with Crippen molar-refractivity contribution in [1.29, 1.82) is 0 Å².